The van der Waals surface area contributed by atoms with Gasteiger partial charge in [0, 0.05) is 18.2 Å². The lowest BCUT2D eigenvalue weighted by Gasteiger charge is -2.10. The average Bonchev–Trinajstić information content (AvgIpc) is 2.48. The van der Waals surface area contributed by atoms with Gasteiger partial charge >= 0.3 is 0 Å². The Morgan fingerprint density at radius 3 is 2.65 bits per heavy atom. The van der Waals surface area contributed by atoms with Crippen molar-refractivity contribution in [3.8, 4) is 11.5 Å². The second-order valence-corrected chi connectivity index (χ2v) is 4.62. The van der Waals surface area contributed by atoms with Crippen LogP contribution in [0.25, 0.3) is 0 Å². The fourth-order valence-corrected chi connectivity index (χ4v) is 1.99. The zero-order chi connectivity index (χ0) is 14.5. The molecule has 2 aromatic rings. The van der Waals surface area contributed by atoms with Gasteiger partial charge in [-0.25, -0.2) is 4.39 Å². The molecule has 0 unspecified atom stereocenters. The fraction of sp³-hybridized carbons (Fsp3) is 0.200. The molecular weight excluding hydrogens is 281 g/mol. The first-order chi connectivity index (χ1) is 9.63. The van der Waals surface area contributed by atoms with Gasteiger partial charge in [0.2, 0.25) is 0 Å². The number of ether oxygens (including phenoxy) is 2. The summed E-state index contributed by atoms with van der Waals surface area (Å²) in [5, 5.41) is 0.0416. The lowest BCUT2D eigenvalue weighted by molar-refractivity contribution is 0.305. The van der Waals surface area contributed by atoms with E-state index in [4.69, 9.17) is 26.8 Å². The van der Waals surface area contributed by atoms with E-state index in [1.54, 1.807) is 7.11 Å². The molecule has 20 heavy (non-hydrogen) atoms. The molecular formula is C15H15ClFNO2. The first kappa shape index (κ1) is 14.6. The van der Waals surface area contributed by atoms with Gasteiger partial charge < -0.3 is 15.2 Å². The molecule has 0 atom stereocenters. The molecule has 5 heteroatoms. The molecule has 0 saturated carbocycles. The second-order valence-electron chi connectivity index (χ2n) is 4.21. The Bertz CT molecular complexity index is 604. The number of rotatable bonds is 5. The van der Waals surface area contributed by atoms with Crippen molar-refractivity contribution in [2.45, 2.75) is 13.2 Å². The summed E-state index contributed by atoms with van der Waals surface area (Å²) < 4.78 is 23.8. The summed E-state index contributed by atoms with van der Waals surface area (Å²) >= 11 is 5.69. The molecule has 0 amide bonds. The maximum absolute atomic E-state index is 13.0. The normalized spacial score (nSPS) is 10.4. The topological polar surface area (TPSA) is 44.5 Å². The van der Waals surface area contributed by atoms with E-state index in [2.05, 4.69) is 0 Å². The Hall–Kier alpha value is -1.78. The molecule has 2 aromatic carbocycles. The van der Waals surface area contributed by atoms with Gasteiger partial charge in [-0.3, -0.25) is 0 Å². The molecule has 0 aliphatic heterocycles. The van der Waals surface area contributed by atoms with Crippen LogP contribution in [0.5, 0.6) is 11.5 Å². The fourth-order valence-electron chi connectivity index (χ4n) is 1.81. The van der Waals surface area contributed by atoms with Crippen LogP contribution in [0.3, 0.4) is 0 Å². The smallest absolute Gasteiger partial charge is 0.142 e. The number of methoxy groups -OCH3 is 1. The van der Waals surface area contributed by atoms with Crippen LogP contribution in [0.2, 0.25) is 5.02 Å². The van der Waals surface area contributed by atoms with Crippen LogP contribution >= 0.6 is 11.6 Å². The van der Waals surface area contributed by atoms with E-state index in [1.807, 2.05) is 18.2 Å². The molecule has 0 aliphatic rings. The van der Waals surface area contributed by atoms with E-state index in [1.165, 1.54) is 18.2 Å². The minimum Gasteiger partial charge on any atom is -0.496 e. The largest absolute Gasteiger partial charge is 0.496 e. The molecule has 0 heterocycles. The van der Waals surface area contributed by atoms with E-state index in [9.17, 15) is 4.39 Å². The van der Waals surface area contributed by atoms with Crippen molar-refractivity contribution in [2.24, 2.45) is 5.73 Å². The summed E-state index contributed by atoms with van der Waals surface area (Å²) in [5.41, 5.74) is 7.52. The summed E-state index contributed by atoms with van der Waals surface area (Å²) in [6.45, 7) is 0.734. The minimum atomic E-state index is -0.464. The molecule has 2 rings (SSSR count). The van der Waals surface area contributed by atoms with Gasteiger partial charge in [0.25, 0.3) is 0 Å². The maximum Gasteiger partial charge on any atom is 0.142 e. The Kier molecular flexibility index (Phi) is 4.82. The number of benzene rings is 2. The standard InChI is InChI=1S/C15H15ClFNO2/c1-19-15-5-2-10(6-11(15)8-18)9-20-12-3-4-14(17)13(16)7-12/h2-7H,8-9,18H2,1H3. The molecule has 0 fully saturated rings. The van der Waals surface area contributed by atoms with Gasteiger partial charge in [0.1, 0.15) is 23.9 Å². The van der Waals surface area contributed by atoms with Crippen molar-refractivity contribution in [1.29, 1.82) is 0 Å². The number of hydrogen-bond acceptors (Lipinski definition) is 3. The lowest BCUT2D eigenvalue weighted by atomic mass is 10.1. The third-order valence-electron chi connectivity index (χ3n) is 2.86. The van der Waals surface area contributed by atoms with E-state index in [0.29, 0.717) is 18.9 Å². The highest BCUT2D eigenvalue weighted by molar-refractivity contribution is 6.30. The zero-order valence-corrected chi connectivity index (χ0v) is 11.8. The van der Waals surface area contributed by atoms with Crippen molar-refractivity contribution in [2.75, 3.05) is 7.11 Å². The van der Waals surface area contributed by atoms with Crippen molar-refractivity contribution >= 4 is 11.6 Å². The molecule has 0 spiro atoms. The summed E-state index contributed by atoms with van der Waals surface area (Å²) in [4.78, 5) is 0. The summed E-state index contributed by atoms with van der Waals surface area (Å²) in [7, 11) is 1.60. The van der Waals surface area contributed by atoms with Crippen molar-refractivity contribution < 1.29 is 13.9 Å². The lowest BCUT2D eigenvalue weighted by Crippen LogP contribution is -2.02. The predicted octanol–water partition coefficient (Wildman–Crippen LogP) is 3.53. The van der Waals surface area contributed by atoms with E-state index >= 15 is 0 Å². The van der Waals surface area contributed by atoms with Crippen LogP contribution in [0.15, 0.2) is 36.4 Å². The number of halogens is 2. The summed E-state index contributed by atoms with van der Waals surface area (Å²) in [6, 6.07) is 9.92. The maximum atomic E-state index is 13.0. The van der Waals surface area contributed by atoms with Crippen LogP contribution in [-0.2, 0) is 13.2 Å². The highest BCUT2D eigenvalue weighted by Gasteiger charge is 2.05. The Balaban J connectivity index is 2.08. The zero-order valence-electron chi connectivity index (χ0n) is 11.0. The van der Waals surface area contributed by atoms with Crippen LogP contribution in [-0.4, -0.2) is 7.11 Å². The minimum absolute atomic E-state index is 0.0416. The van der Waals surface area contributed by atoms with Gasteiger partial charge in [-0.15, -0.1) is 0 Å². The van der Waals surface area contributed by atoms with E-state index in [-0.39, 0.29) is 5.02 Å². The Morgan fingerprint density at radius 1 is 1.20 bits per heavy atom. The highest BCUT2D eigenvalue weighted by atomic mass is 35.5. The van der Waals surface area contributed by atoms with Crippen LogP contribution in [0, 0.1) is 5.82 Å². The van der Waals surface area contributed by atoms with Crippen molar-refractivity contribution in [3.05, 3.63) is 58.4 Å². The molecule has 106 valence electrons. The molecule has 0 aliphatic carbocycles. The van der Waals surface area contributed by atoms with Gasteiger partial charge in [0.15, 0.2) is 0 Å². The highest BCUT2D eigenvalue weighted by Crippen LogP contribution is 2.23. The number of hydrogen-bond donors (Lipinski definition) is 1. The van der Waals surface area contributed by atoms with Crippen molar-refractivity contribution in [1.82, 2.24) is 0 Å². The van der Waals surface area contributed by atoms with E-state index in [0.717, 1.165) is 16.9 Å². The monoisotopic (exact) mass is 295 g/mol. The van der Waals surface area contributed by atoms with Crippen molar-refractivity contribution in [3.63, 3.8) is 0 Å². The third-order valence-corrected chi connectivity index (χ3v) is 3.15. The second kappa shape index (κ2) is 6.59. The Labute approximate surface area is 122 Å². The van der Waals surface area contributed by atoms with Gasteiger partial charge in [-0.05, 0) is 29.8 Å². The molecule has 0 aromatic heterocycles. The molecule has 0 bridgehead atoms. The summed E-state index contributed by atoms with van der Waals surface area (Å²) in [5.74, 6) is 0.802. The van der Waals surface area contributed by atoms with Crippen LogP contribution in [0.1, 0.15) is 11.1 Å². The van der Waals surface area contributed by atoms with Crippen LogP contribution < -0.4 is 15.2 Å². The van der Waals surface area contributed by atoms with Gasteiger partial charge in [-0.1, -0.05) is 17.7 Å². The first-order valence-electron chi connectivity index (χ1n) is 6.07. The number of nitrogens with two attached hydrogens (primary N) is 1. The summed E-state index contributed by atoms with van der Waals surface area (Å²) in [6.07, 6.45) is 0. The molecule has 0 saturated heterocycles. The molecule has 2 N–H and O–H groups in total. The van der Waals surface area contributed by atoms with E-state index < -0.39 is 5.82 Å². The third kappa shape index (κ3) is 3.40. The molecule has 3 nitrogen and oxygen atoms in total. The average molecular weight is 296 g/mol. The quantitative estimate of drug-likeness (QED) is 0.918. The van der Waals surface area contributed by atoms with Gasteiger partial charge in [0.05, 0.1) is 12.1 Å². The van der Waals surface area contributed by atoms with Crippen LogP contribution in [0.4, 0.5) is 4.39 Å². The van der Waals surface area contributed by atoms with Gasteiger partial charge in [-0.2, -0.15) is 0 Å². The SMILES string of the molecule is COc1ccc(COc2ccc(F)c(Cl)c2)cc1CN. The predicted molar refractivity (Wildman–Crippen MR) is 76.6 cm³/mol. The first-order valence-corrected chi connectivity index (χ1v) is 6.45. The molecule has 0 radical (unpaired) electrons. The Morgan fingerprint density at radius 2 is 2.00 bits per heavy atom.